The monoisotopic (exact) mass is 449 g/mol. The highest BCUT2D eigenvalue weighted by Gasteiger charge is 2.41. The Labute approximate surface area is 196 Å². The van der Waals surface area contributed by atoms with Gasteiger partial charge in [0.05, 0.1) is 11.4 Å². The number of nitrogens with zero attached hydrogens (tertiary/aromatic N) is 3. The number of aromatic nitrogens is 1. The summed E-state index contributed by atoms with van der Waals surface area (Å²) in [5.74, 6) is -0.897. The molecule has 0 spiro atoms. The molecule has 0 saturated carbocycles. The van der Waals surface area contributed by atoms with E-state index in [-0.39, 0.29) is 10.7 Å². The molecule has 0 unspecified atom stereocenters. The van der Waals surface area contributed by atoms with Gasteiger partial charge in [-0.1, -0.05) is 54.6 Å². The predicted molar refractivity (Wildman–Crippen MR) is 134 cm³/mol. The van der Waals surface area contributed by atoms with Gasteiger partial charge < -0.3 is 4.57 Å². The molecule has 5 rings (SSSR count). The third-order valence-electron chi connectivity index (χ3n) is 5.36. The zero-order valence-corrected chi connectivity index (χ0v) is 18.4. The smallest absolute Gasteiger partial charge is 0.270 e. The second-order valence-corrected chi connectivity index (χ2v) is 7.85. The van der Waals surface area contributed by atoms with Crippen LogP contribution >= 0.6 is 12.2 Å². The minimum Gasteiger partial charge on any atom is -0.323 e. The van der Waals surface area contributed by atoms with Crippen LogP contribution in [-0.4, -0.2) is 21.5 Å². The van der Waals surface area contributed by atoms with Gasteiger partial charge in [0.2, 0.25) is 0 Å². The lowest BCUT2D eigenvalue weighted by molar-refractivity contribution is -0.120. The number of anilines is 2. The van der Waals surface area contributed by atoms with Gasteiger partial charge in [-0.05, 0) is 66.3 Å². The summed E-state index contributed by atoms with van der Waals surface area (Å²) < 4.78 is 1.94. The number of carbonyl (C=O) groups is 2. The van der Waals surface area contributed by atoms with Crippen molar-refractivity contribution in [2.45, 2.75) is 0 Å². The van der Waals surface area contributed by atoms with Crippen molar-refractivity contribution in [2.24, 2.45) is 0 Å². The number of benzene rings is 3. The quantitative estimate of drug-likeness (QED) is 0.244. The molecular formula is C27H19N3O2S. The fourth-order valence-corrected chi connectivity index (χ4v) is 4.14. The standard InChI is InChI=1S/C27H19N3O2S/c31-25-24(18-20-16-17-28(19-20)21-10-4-1-5-11-21)26(32)30(23-14-8-3-9-15-23)27(33)29(25)22-12-6-2-7-13-22/h1-19H. The fraction of sp³-hybridized carbons (Fsp3) is 0. The van der Waals surface area contributed by atoms with E-state index in [1.165, 1.54) is 9.80 Å². The van der Waals surface area contributed by atoms with Crippen molar-refractivity contribution in [3.63, 3.8) is 0 Å². The second-order valence-electron chi connectivity index (χ2n) is 7.48. The van der Waals surface area contributed by atoms with Gasteiger partial charge >= 0.3 is 0 Å². The molecule has 1 aliphatic rings. The van der Waals surface area contributed by atoms with Crippen molar-refractivity contribution >= 4 is 46.6 Å². The summed E-state index contributed by atoms with van der Waals surface area (Å²) >= 11 is 5.63. The van der Waals surface area contributed by atoms with E-state index in [9.17, 15) is 9.59 Å². The molecule has 0 N–H and O–H groups in total. The third-order valence-corrected chi connectivity index (χ3v) is 5.72. The van der Waals surface area contributed by atoms with Gasteiger partial charge in [-0.25, -0.2) is 0 Å². The van der Waals surface area contributed by atoms with Gasteiger partial charge in [0.25, 0.3) is 11.8 Å². The number of carbonyl (C=O) groups excluding carboxylic acids is 2. The van der Waals surface area contributed by atoms with Gasteiger partial charge in [-0.2, -0.15) is 0 Å². The van der Waals surface area contributed by atoms with Crippen molar-refractivity contribution in [2.75, 3.05) is 9.80 Å². The first kappa shape index (κ1) is 20.6. The average molecular weight is 450 g/mol. The highest BCUT2D eigenvalue weighted by Crippen LogP contribution is 2.29. The summed E-state index contributed by atoms with van der Waals surface area (Å²) in [5.41, 5.74) is 2.98. The lowest BCUT2D eigenvalue weighted by Gasteiger charge is -2.36. The lowest BCUT2D eigenvalue weighted by Crippen LogP contribution is -2.56. The topological polar surface area (TPSA) is 45.6 Å². The highest BCUT2D eigenvalue weighted by molar-refractivity contribution is 7.81. The van der Waals surface area contributed by atoms with Gasteiger partial charge in [0, 0.05) is 18.1 Å². The molecule has 5 nitrogen and oxygen atoms in total. The number of hydrogen-bond donors (Lipinski definition) is 0. The van der Waals surface area contributed by atoms with Crippen LogP contribution in [0.2, 0.25) is 0 Å². The van der Waals surface area contributed by atoms with Crippen LogP contribution in [0.5, 0.6) is 0 Å². The summed E-state index contributed by atoms with van der Waals surface area (Å²) in [4.78, 5) is 29.9. The van der Waals surface area contributed by atoms with Gasteiger partial charge in [0.1, 0.15) is 5.57 Å². The van der Waals surface area contributed by atoms with Gasteiger partial charge in [-0.3, -0.25) is 19.4 Å². The zero-order chi connectivity index (χ0) is 22.8. The van der Waals surface area contributed by atoms with Crippen LogP contribution in [0.1, 0.15) is 5.56 Å². The summed E-state index contributed by atoms with van der Waals surface area (Å²) in [5, 5.41) is 0.126. The molecule has 0 aliphatic carbocycles. The predicted octanol–water partition coefficient (Wildman–Crippen LogP) is 5.23. The third kappa shape index (κ3) is 3.88. The van der Waals surface area contributed by atoms with Crippen molar-refractivity contribution in [1.29, 1.82) is 0 Å². The van der Waals surface area contributed by atoms with Crippen LogP contribution in [0.4, 0.5) is 11.4 Å². The van der Waals surface area contributed by atoms with E-state index >= 15 is 0 Å². The van der Waals surface area contributed by atoms with E-state index in [2.05, 4.69) is 0 Å². The van der Waals surface area contributed by atoms with Crippen molar-refractivity contribution in [3.05, 3.63) is 121 Å². The first-order valence-corrected chi connectivity index (χ1v) is 10.8. The first-order valence-electron chi connectivity index (χ1n) is 10.4. The Morgan fingerprint density at radius 1 is 0.606 bits per heavy atom. The summed E-state index contributed by atoms with van der Waals surface area (Å²) in [6.45, 7) is 0. The van der Waals surface area contributed by atoms with E-state index in [4.69, 9.17) is 12.2 Å². The van der Waals surface area contributed by atoms with Crippen LogP contribution < -0.4 is 9.80 Å². The molecule has 2 amide bonds. The Hall–Kier alpha value is -4.29. The maximum absolute atomic E-state index is 13.5. The first-order chi connectivity index (χ1) is 16.1. The molecule has 4 aromatic rings. The maximum atomic E-state index is 13.5. The molecule has 0 radical (unpaired) electrons. The molecule has 3 aromatic carbocycles. The van der Waals surface area contributed by atoms with E-state index < -0.39 is 11.8 Å². The molecule has 1 fully saturated rings. The largest absolute Gasteiger partial charge is 0.323 e. The molecule has 0 atom stereocenters. The van der Waals surface area contributed by atoms with E-state index in [1.54, 1.807) is 30.3 Å². The minimum absolute atomic E-state index is 0.0436. The van der Waals surface area contributed by atoms with Crippen LogP contribution in [0, 0.1) is 0 Å². The van der Waals surface area contributed by atoms with Gasteiger partial charge in [-0.15, -0.1) is 0 Å². The van der Waals surface area contributed by atoms with E-state index in [0.29, 0.717) is 11.4 Å². The normalized spacial score (nSPS) is 14.1. The zero-order valence-electron chi connectivity index (χ0n) is 17.5. The lowest BCUT2D eigenvalue weighted by atomic mass is 10.1. The summed E-state index contributed by atoms with van der Waals surface area (Å²) in [7, 11) is 0. The molecule has 160 valence electrons. The van der Waals surface area contributed by atoms with Crippen LogP contribution in [-0.2, 0) is 9.59 Å². The SMILES string of the molecule is O=C1C(=Cc2ccn(-c3ccccc3)c2)C(=O)N(c2ccccc2)C(=S)N1c1ccccc1. The van der Waals surface area contributed by atoms with E-state index in [1.807, 2.05) is 89.8 Å². The Morgan fingerprint density at radius 2 is 1.06 bits per heavy atom. The van der Waals surface area contributed by atoms with Crippen molar-refractivity contribution < 1.29 is 9.59 Å². The minimum atomic E-state index is -0.448. The van der Waals surface area contributed by atoms with Crippen LogP contribution in [0.3, 0.4) is 0 Å². The number of amides is 2. The molecule has 1 saturated heterocycles. The molecule has 33 heavy (non-hydrogen) atoms. The summed E-state index contributed by atoms with van der Waals surface area (Å²) in [6, 6.07) is 30.0. The molecule has 1 aromatic heterocycles. The number of thiocarbonyl (C=S) groups is 1. The molecule has 6 heteroatoms. The van der Waals surface area contributed by atoms with Crippen LogP contribution in [0.25, 0.3) is 11.8 Å². The van der Waals surface area contributed by atoms with Crippen LogP contribution in [0.15, 0.2) is 115 Å². The fourth-order valence-electron chi connectivity index (χ4n) is 3.76. The Morgan fingerprint density at radius 3 is 1.55 bits per heavy atom. The molecule has 0 bridgehead atoms. The Bertz CT molecular complexity index is 1300. The number of rotatable bonds is 4. The molecular weight excluding hydrogens is 430 g/mol. The van der Waals surface area contributed by atoms with Crippen molar-refractivity contribution in [1.82, 2.24) is 4.57 Å². The van der Waals surface area contributed by atoms with Crippen molar-refractivity contribution in [3.8, 4) is 5.69 Å². The second kappa shape index (κ2) is 8.68. The maximum Gasteiger partial charge on any atom is 0.270 e. The number of para-hydroxylation sites is 3. The summed E-state index contributed by atoms with van der Waals surface area (Å²) in [6.07, 6.45) is 5.40. The highest BCUT2D eigenvalue weighted by atomic mass is 32.1. The molecule has 2 heterocycles. The number of hydrogen-bond acceptors (Lipinski definition) is 3. The Kier molecular flexibility index (Phi) is 5.42. The Balaban J connectivity index is 1.60. The average Bonchev–Trinajstić information content (AvgIpc) is 3.33. The van der Waals surface area contributed by atoms with Gasteiger partial charge in [0.15, 0.2) is 5.11 Å². The molecule has 1 aliphatic heterocycles. The van der Waals surface area contributed by atoms with E-state index in [0.717, 1.165) is 11.3 Å².